The van der Waals surface area contributed by atoms with E-state index in [2.05, 4.69) is 32.8 Å². The number of piperidine rings is 1. The maximum absolute atomic E-state index is 12.4. The molecule has 6 nitrogen and oxygen atoms in total. The molecule has 1 aliphatic heterocycles. The number of rotatable bonds is 5. The number of benzene rings is 1. The summed E-state index contributed by atoms with van der Waals surface area (Å²) in [5.74, 6) is 0.547. The number of nitrogens with one attached hydrogen (secondary N) is 1. The number of likely N-dealkylation sites (tertiary alicyclic amines) is 1. The molecule has 0 radical (unpaired) electrons. The third-order valence-corrected chi connectivity index (χ3v) is 5.46. The summed E-state index contributed by atoms with van der Waals surface area (Å²) in [6.07, 6.45) is 2.41. The average molecular weight is 362 g/mol. The summed E-state index contributed by atoms with van der Waals surface area (Å²) in [7, 11) is 1.83. The zero-order valence-corrected chi connectivity index (χ0v) is 16.1. The van der Waals surface area contributed by atoms with E-state index in [1.54, 1.807) is 4.90 Å². The van der Waals surface area contributed by atoms with Crippen molar-refractivity contribution in [2.24, 2.45) is 5.92 Å². The number of amides is 2. The van der Waals surface area contributed by atoms with Crippen LogP contribution in [0.3, 0.4) is 0 Å². The molecule has 0 aliphatic carbocycles. The van der Waals surface area contributed by atoms with E-state index in [9.17, 15) is 4.79 Å². The highest BCUT2D eigenvalue weighted by Gasteiger charge is 2.22. The number of fused-ring (bicyclic) bond motifs is 1. The number of nitrogens with zero attached hydrogens (tertiary/aromatic N) is 4. The van der Waals surface area contributed by atoms with Gasteiger partial charge in [0.2, 0.25) is 0 Å². The molecule has 25 heavy (non-hydrogen) atoms. The van der Waals surface area contributed by atoms with Crippen molar-refractivity contribution in [1.82, 2.24) is 23.9 Å². The molecule has 2 heterocycles. The molecule has 1 N–H and O–H groups in total. The van der Waals surface area contributed by atoms with Gasteiger partial charge in [0.25, 0.3) is 0 Å². The van der Waals surface area contributed by atoms with Crippen LogP contribution in [0.25, 0.3) is 11.0 Å². The second-order valence-corrected chi connectivity index (χ2v) is 7.75. The quantitative estimate of drug-likeness (QED) is 0.889. The lowest BCUT2D eigenvalue weighted by Crippen LogP contribution is -2.45. The number of aromatic nitrogens is 2. The third kappa shape index (κ3) is 4.67. The highest BCUT2D eigenvalue weighted by molar-refractivity contribution is 7.00. The summed E-state index contributed by atoms with van der Waals surface area (Å²) >= 11 is 1.22. The van der Waals surface area contributed by atoms with E-state index < -0.39 is 0 Å². The summed E-state index contributed by atoms with van der Waals surface area (Å²) in [4.78, 5) is 16.6. The predicted octanol–water partition coefficient (Wildman–Crippen LogP) is 2.95. The van der Waals surface area contributed by atoms with E-state index in [0.29, 0.717) is 18.5 Å². The Morgan fingerprint density at radius 1 is 1.40 bits per heavy atom. The number of hydrogen-bond donors (Lipinski definition) is 1. The van der Waals surface area contributed by atoms with Gasteiger partial charge in [-0.05, 0) is 56.8 Å². The van der Waals surface area contributed by atoms with Crippen LogP contribution >= 0.6 is 11.7 Å². The molecule has 1 aromatic heterocycles. The Kier molecular flexibility index (Phi) is 5.86. The molecule has 0 saturated carbocycles. The zero-order valence-electron chi connectivity index (χ0n) is 15.2. The van der Waals surface area contributed by atoms with Crippen molar-refractivity contribution in [1.29, 1.82) is 0 Å². The second kappa shape index (κ2) is 8.10. The number of hydrogen-bond acceptors (Lipinski definition) is 5. The summed E-state index contributed by atoms with van der Waals surface area (Å²) in [6.45, 7) is 8.06. The van der Waals surface area contributed by atoms with Gasteiger partial charge >= 0.3 is 6.03 Å². The van der Waals surface area contributed by atoms with Crippen molar-refractivity contribution in [2.75, 3.05) is 26.7 Å². The van der Waals surface area contributed by atoms with Gasteiger partial charge in [0, 0.05) is 32.7 Å². The number of carbonyl (C=O) groups is 1. The van der Waals surface area contributed by atoms with E-state index in [1.165, 1.54) is 31.1 Å². The standard InChI is InChI=1S/C18H27N5OS/c1-13(2)23-8-4-5-15(12-23)10-19-18(24)22(3)11-14-6-7-16-17(9-14)21-25-20-16/h6-7,9,13,15H,4-5,8,10-12H2,1-3H3,(H,19,24). The van der Waals surface area contributed by atoms with Crippen molar-refractivity contribution >= 4 is 28.8 Å². The Balaban J connectivity index is 1.48. The topological polar surface area (TPSA) is 61.4 Å². The molecule has 2 amide bonds. The van der Waals surface area contributed by atoms with Crippen LogP contribution in [0, 0.1) is 5.92 Å². The van der Waals surface area contributed by atoms with E-state index in [1.807, 2.05) is 25.2 Å². The smallest absolute Gasteiger partial charge is 0.317 e. The highest BCUT2D eigenvalue weighted by atomic mass is 32.1. The first-order valence-corrected chi connectivity index (χ1v) is 9.70. The maximum atomic E-state index is 12.4. The third-order valence-electron chi connectivity index (χ3n) is 4.91. The van der Waals surface area contributed by atoms with Crippen molar-refractivity contribution in [2.45, 2.75) is 39.3 Å². The summed E-state index contributed by atoms with van der Waals surface area (Å²) in [5, 5.41) is 3.10. The van der Waals surface area contributed by atoms with Crippen molar-refractivity contribution < 1.29 is 4.79 Å². The molecule has 1 aliphatic rings. The lowest BCUT2D eigenvalue weighted by Gasteiger charge is -2.35. The molecule has 136 valence electrons. The van der Waals surface area contributed by atoms with Gasteiger partial charge in [0.15, 0.2) is 0 Å². The summed E-state index contributed by atoms with van der Waals surface area (Å²) in [5.41, 5.74) is 2.88. The molecular weight excluding hydrogens is 334 g/mol. The fourth-order valence-electron chi connectivity index (χ4n) is 3.37. The normalized spacial score (nSPS) is 18.6. The Hall–Kier alpha value is -1.73. The van der Waals surface area contributed by atoms with Crippen LogP contribution in [0.5, 0.6) is 0 Å². The van der Waals surface area contributed by atoms with E-state index in [0.717, 1.165) is 29.7 Å². The Morgan fingerprint density at radius 2 is 2.20 bits per heavy atom. The molecule has 1 aromatic carbocycles. The molecule has 7 heteroatoms. The minimum atomic E-state index is -0.0156. The van der Waals surface area contributed by atoms with Gasteiger partial charge in [-0.3, -0.25) is 0 Å². The molecule has 1 unspecified atom stereocenters. The van der Waals surface area contributed by atoms with Gasteiger partial charge in [0.1, 0.15) is 11.0 Å². The van der Waals surface area contributed by atoms with Crippen molar-refractivity contribution in [3.63, 3.8) is 0 Å². The van der Waals surface area contributed by atoms with Crippen LogP contribution in [0.15, 0.2) is 18.2 Å². The van der Waals surface area contributed by atoms with Gasteiger partial charge in [-0.15, -0.1) is 0 Å². The van der Waals surface area contributed by atoms with Crippen LogP contribution < -0.4 is 5.32 Å². The first-order chi connectivity index (χ1) is 12.0. The fraction of sp³-hybridized carbons (Fsp3) is 0.611. The van der Waals surface area contributed by atoms with Crippen LogP contribution in [-0.4, -0.2) is 57.3 Å². The Morgan fingerprint density at radius 3 is 3.00 bits per heavy atom. The molecular formula is C18H27N5OS. The molecule has 1 atom stereocenters. The second-order valence-electron chi connectivity index (χ2n) is 7.23. The van der Waals surface area contributed by atoms with Gasteiger partial charge in [0.05, 0.1) is 11.7 Å². The van der Waals surface area contributed by atoms with E-state index in [4.69, 9.17) is 0 Å². The van der Waals surface area contributed by atoms with Crippen LogP contribution in [0.4, 0.5) is 4.79 Å². The van der Waals surface area contributed by atoms with E-state index in [-0.39, 0.29) is 6.03 Å². The Bertz CT molecular complexity index is 716. The van der Waals surface area contributed by atoms with Crippen LogP contribution in [0.2, 0.25) is 0 Å². The van der Waals surface area contributed by atoms with Gasteiger partial charge in [-0.25, -0.2) is 4.79 Å². The monoisotopic (exact) mass is 361 g/mol. The van der Waals surface area contributed by atoms with Crippen LogP contribution in [-0.2, 0) is 6.54 Å². The lowest BCUT2D eigenvalue weighted by atomic mass is 9.97. The fourth-order valence-corrected chi connectivity index (χ4v) is 3.89. The minimum absolute atomic E-state index is 0.0156. The van der Waals surface area contributed by atoms with Crippen molar-refractivity contribution in [3.8, 4) is 0 Å². The SMILES string of the molecule is CC(C)N1CCCC(CNC(=O)N(C)Cc2ccc3nsnc3c2)C1. The first-order valence-electron chi connectivity index (χ1n) is 8.97. The highest BCUT2D eigenvalue weighted by Crippen LogP contribution is 2.18. The molecule has 0 spiro atoms. The van der Waals surface area contributed by atoms with Gasteiger partial charge < -0.3 is 15.1 Å². The van der Waals surface area contributed by atoms with Gasteiger partial charge in [-0.2, -0.15) is 8.75 Å². The lowest BCUT2D eigenvalue weighted by molar-refractivity contribution is 0.137. The molecule has 3 rings (SSSR count). The summed E-state index contributed by atoms with van der Waals surface area (Å²) < 4.78 is 8.46. The first kappa shape index (κ1) is 18.1. The average Bonchev–Trinajstić information content (AvgIpc) is 3.07. The molecule has 2 aromatic rings. The summed E-state index contributed by atoms with van der Waals surface area (Å²) in [6, 6.07) is 6.54. The Labute approximate surface area is 153 Å². The number of carbonyl (C=O) groups excluding carboxylic acids is 1. The van der Waals surface area contributed by atoms with Crippen molar-refractivity contribution in [3.05, 3.63) is 23.8 Å². The number of urea groups is 1. The minimum Gasteiger partial charge on any atom is -0.338 e. The molecule has 1 saturated heterocycles. The van der Waals surface area contributed by atoms with Gasteiger partial charge in [-0.1, -0.05) is 6.07 Å². The predicted molar refractivity (Wildman–Crippen MR) is 102 cm³/mol. The molecule has 1 fully saturated rings. The zero-order chi connectivity index (χ0) is 17.8. The molecule has 0 bridgehead atoms. The van der Waals surface area contributed by atoms with E-state index >= 15 is 0 Å². The largest absolute Gasteiger partial charge is 0.338 e. The maximum Gasteiger partial charge on any atom is 0.317 e. The van der Waals surface area contributed by atoms with Crippen LogP contribution in [0.1, 0.15) is 32.3 Å².